The number of fused-ring (bicyclic) bond motifs is 1. The molecule has 3 rings (SSSR count). The van der Waals surface area contributed by atoms with Crippen LogP contribution in [-0.2, 0) is 13.0 Å². The van der Waals surface area contributed by atoms with E-state index in [9.17, 15) is 4.79 Å². The Labute approximate surface area is 123 Å². The van der Waals surface area contributed by atoms with E-state index in [2.05, 4.69) is 16.7 Å². The van der Waals surface area contributed by atoms with Crippen LogP contribution in [-0.4, -0.2) is 12.5 Å². The Morgan fingerprint density at radius 1 is 1.20 bits per heavy atom. The van der Waals surface area contributed by atoms with E-state index < -0.39 is 0 Å². The molecule has 0 atom stereocenters. The molecule has 0 saturated heterocycles. The number of hydrogen-bond acceptors (Lipinski definition) is 2. The first-order valence-corrected chi connectivity index (χ1v) is 7.00. The summed E-state index contributed by atoms with van der Waals surface area (Å²) in [6, 6.07) is 13.0. The fourth-order valence-corrected chi connectivity index (χ4v) is 2.66. The molecular formula is C16H15ClN2O. The minimum Gasteiger partial charge on any atom is -0.322 e. The van der Waals surface area contributed by atoms with Gasteiger partial charge in [0.2, 0.25) is 0 Å². The summed E-state index contributed by atoms with van der Waals surface area (Å²) in [7, 11) is 0. The first-order chi connectivity index (χ1) is 9.74. The van der Waals surface area contributed by atoms with Crippen molar-refractivity contribution in [3.05, 3.63) is 64.2 Å². The van der Waals surface area contributed by atoms with Crippen LogP contribution in [0.1, 0.15) is 21.5 Å². The molecule has 0 saturated carbocycles. The number of halogens is 1. The van der Waals surface area contributed by atoms with Crippen LogP contribution in [0.2, 0.25) is 5.02 Å². The lowest BCUT2D eigenvalue weighted by Crippen LogP contribution is -2.25. The van der Waals surface area contributed by atoms with Crippen molar-refractivity contribution in [2.24, 2.45) is 0 Å². The van der Waals surface area contributed by atoms with Crippen molar-refractivity contribution in [1.82, 2.24) is 5.32 Å². The smallest absolute Gasteiger partial charge is 0.255 e. The molecule has 1 aliphatic heterocycles. The number of anilines is 1. The highest BCUT2D eigenvalue weighted by Crippen LogP contribution is 2.24. The van der Waals surface area contributed by atoms with Crippen molar-refractivity contribution in [1.29, 1.82) is 0 Å². The minimum atomic E-state index is -0.126. The van der Waals surface area contributed by atoms with Gasteiger partial charge < -0.3 is 10.6 Å². The molecule has 1 aliphatic rings. The number of rotatable bonds is 2. The van der Waals surface area contributed by atoms with Crippen LogP contribution in [0.15, 0.2) is 42.5 Å². The Morgan fingerprint density at radius 3 is 2.90 bits per heavy atom. The average molecular weight is 287 g/mol. The molecule has 0 fully saturated rings. The summed E-state index contributed by atoms with van der Waals surface area (Å²) in [4.78, 5) is 12.3. The van der Waals surface area contributed by atoms with E-state index in [0.717, 1.165) is 25.2 Å². The van der Waals surface area contributed by atoms with Crippen LogP contribution in [0.25, 0.3) is 0 Å². The number of carbonyl (C=O) groups excluding carboxylic acids is 1. The fourth-order valence-electron chi connectivity index (χ4n) is 2.47. The molecule has 2 aromatic carbocycles. The second-order valence-electron chi connectivity index (χ2n) is 4.83. The second-order valence-corrected chi connectivity index (χ2v) is 5.27. The van der Waals surface area contributed by atoms with Crippen molar-refractivity contribution < 1.29 is 4.79 Å². The van der Waals surface area contributed by atoms with Crippen LogP contribution >= 0.6 is 11.6 Å². The van der Waals surface area contributed by atoms with Gasteiger partial charge in [0.25, 0.3) is 5.91 Å². The maximum atomic E-state index is 12.3. The first kappa shape index (κ1) is 13.2. The van der Waals surface area contributed by atoms with Gasteiger partial charge in [-0.3, -0.25) is 4.79 Å². The van der Waals surface area contributed by atoms with E-state index in [-0.39, 0.29) is 5.91 Å². The zero-order valence-electron chi connectivity index (χ0n) is 10.9. The van der Waals surface area contributed by atoms with Crippen molar-refractivity contribution in [2.75, 3.05) is 11.9 Å². The van der Waals surface area contributed by atoms with Gasteiger partial charge in [-0.25, -0.2) is 0 Å². The van der Waals surface area contributed by atoms with Crippen LogP contribution in [0.4, 0.5) is 5.69 Å². The highest BCUT2D eigenvalue weighted by molar-refractivity contribution is 6.31. The number of amides is 1. The summed E-state index contributed by atoms with van der Waals surface area (Å²) in [5, 5.41) is 6.89. The third kappa shape index (κ3) is 2.69. The van der Waals surface area contributed by atoms with Gasteiger partial charge in [0.05, 0.1) is 0 Å². The van der Waals surface area contributed by atoms with Crippen LogP contribution in [0.5, 0.6) is 0 Å². The number of nitrogens with one attached hydrogen (secondary N) is 2. The molecule has 0 spiro atoms. The van der Waals surface area contributed by atoms with Crippen LogP contribution < -0.4 is 10.6 Å². The molecule has 0 aromatic heterocycles. The predicted molar refractivity (Wildman–Crippen MR) is 81.3 cm³/mol. The van der Waals surface area contributed by atoms with E-state index in [1.807, 2.05) is 12.1 Å². The van der Waals surface area contributed by atoms with Gasteiger partial charge in [0.15, 0.2) is 0 Å². The van der Waals surface area contributed by atoms with E-state index in [0.29, 0.717) is 10.6 Å². The summed E-state index contributed by atoms with van der Waals surface area (Å²) in [5.41, 5.74) is 3.94. The number of benzene rings is 2. The maximum absolute atomic E-state index is 12.3. The van der Waals surface area contributed by atoms with Gasteiger partial charge in [-0.2, -0.15) is 0 Å². The van der Waals surface area contributed by atoms with Crippen LogP contribution in [0.3, 0.4) is 0 Å². The average Bonchev–Trinajstić information content (AvgIpc) is 2.47. The van der Waals surface area contributed by atoms with E-state index in [1.165, 1.54) is 11.1 Å². The molecule has 0 unspecified atom stereocenters. The Morgan fingerprint density at radius 2 is 2.05 bits per heavy atom. The lowest BCUT2D eigenvalue weighted by molar-refractivity contribution is 0.102. The van der Waals surface area contributed by atoms with Gasteiger partial charge in [-0.05, 0) is 48.4 Å². The Hall–Kier alpha value is -1.84. The molecule has 0 radical (unpaired) electrons. The monoisotopic (exact) mass is 286 g/mol. The Balaban J connectivity index is 1.86. The van der Waals surface area contributed by atoms with Crippen molar-refractivity contribution >= 4 is 23.2 Å². The van der Waals surface area contributed by atoms with Crippen molar-refractivity contribution in [3.63, 3.8) is 0 Å². The zero-order chi connectivity index (χ0) is 13.9. The molecule has 1 heterocycles. The third-order valence-corrected chi connectivity index (χ3v) is 3.71. The summed E-state index contributed by atoms with van der Waals surface area (Å²) in [5.74, 6) is -0.126. The molecule has 0 bridgehead atoms. The normalized spacial score (nSPS) is 13.7. The SMILES string of the molecule is O=C(Nc1cccc2c1CCNC2)c1cccc(Cl)c1. The van der Waals surface area contributed by atoms with Gasteiger partial charge in [-0.1, -0.05) is 29.8 Å². The highest BCUT2D eigenvalue weighted by Gasteiger charge is 2.14. The van der Waals surface area contributed by atoms with E-state index in [4.69, 9.17) is 11.6 Å². The van der Waals surface area contributed by atoms with Gasteiger partial charge in [0.1, 0.15) is 0 Å². The molecular weight excluding hydrogens is 272 g/mol. The Bertz CT molecular complexity index is 655. The molecule has 3 nitrogen and oxygen atoms in total. The lowest BCUT2D eigenvalue weighted by atomic mass is 9.99. The number of hydrogen-bond donors (Lipinski definition) is 2. The quantitative estimate of drug-likeness (QED) is 0.890. The predicted octanol–water partition coefficient (Wildman–Crippen LogP) is 3.24. The molecule has 1 amide bonds. The molecule has 4 heteroatoms. The first-order valence-electron chi connectivity index (χ1n) is 6.62. The van der Waals surface area contributed by atoms with Crippen molar-refractivity contribution in [2.45, 2.75) is 13.0 Å². The maximum Gasteiger partial charge on any atom is 0.255 e. The molecule has 0 aliphatic carbocycles. The second kappa shape index (κ2) is 5.65. The van der Waals surface area contributed by atoms with E-state index in [1.54, 1.807) is 24.3 Å². The largest absolute Gasteiger partial charge is 0.322 e. The summed E-state index contributed by atoms with van der Waals surface area (Å²) < 4.78 is 0. The fraction of sp³-hybridized carbons (Fsp3) is 0.188. The molecule has 102 valence electrons. The molecule has 2 N–H and O–H groups in total. The zero-order valence-corrected chi connectivity index (χ0v) is 11.7. The molecule has 20 heavy (non-hydrogen) atoms. The Kier molecular flexibility index (Phi) is 3.72. The minimum absolute atomic E-state index is 0.126. The summed E-state index contributed by atoms with van der Waals surface area (Å²) >= 11 is 5.92. The number of carbonyl (C=O) groups is 1. The van der Waals surface area contributed by atoms with Gasteiger partial charge in [-0.15, -0.1) is 0 Å². The molecule has 2 aromatic rings. The topological polar surface area (TPSA) is 41.1 Å². The van der Waals surface area contributed by atoms with E-state index >= 15 is 0 Å². The standard InChI is InChI=1S/C16H15ClN2O/c17-13-5-1-3-11(9-13)16(20)19-15-6-2-4-12-10-18-8-7-14(12)15/h1-6,9,18H,7-8,10H2,(H,19,20). The third-order valence-electron chi connectivity index (χ3n) is 3.48. The summed E-state index contributed by atoms with van der Waals surface area (Å²) in [6.45, 7) is 1.80. The van der Waals surface area contributed by atoms with Crippen LogP contribution in [0, 0.1) is 0 Å². The van der Waals surface area contributed by atoms with Gasteiger partial charge >= 0.3 is 0 Å². The van der Waals surface area contributed by atoms with Crippen molar-refractivity contribution in [3.8, 4) is 0 Å². The van der Waals surface area contributed by atoms with Gasteiger partial charge in [0, 0.05) is 22.8 Å². The summed E-state index contributed by atoms with van der Waals surface area (Å²) in [6.07, 6.45) is 0.932. The highest BCUT2D eigenvalue weighted by atomic mass is 35.5. The lowest BCUT2D eigenvalue weighted by Gasteiger charge is -2.20.